The third kappa shape index (κ3) is 3.04. The Labute approximate surface area is 131 Å². The predicted octanol–water partition coefficient (Wildman–Crippen LogP) is 4.64. The number of aromatic nitrogens is 2. The highest BCUT2D eigenvalue weighted by Gasteiger charge is 2.15. The minimum absolute atomic E-state index is 0.0140. The van der Waals surface area contributed by atoms with E-state index in [-0.39, 0.29) is 12.0 Å². The van der Waals surface area contributed by atoms with Gasteiger partial charge in [0.15, 0.2) is 0 Å². The molecule has 0 aliphatic heterocycles. The van der Waals surface area contributed by atoms with Crippen LogP contribution in [0, 0.1) is 11.6 Å². The smallest absolute Gasteiger partial charge is 0.147 e. The van der Waals surface area contributed by atoms with Crippen LogP contribution >= 0.6 is 11.5 Å². The second kappa shape index (κ2) is 6.32. The number of hydrogen-bond donors (Lipinski definition) is 0. The van der Waals surface area contributed by atoms with Gasteiger partial charge in [0, 0.05) is 12.0 Å². The van der Waals surface area contributed by atoms with Crippen LogP contribution in [0.4, 0.5) is 8.78 Å². The summed E-state index contributed by atoms with van der Waals surface area (Å²) in [5, 5.41) is 0.872. The molecule has 112 valence electrons. The minimum atomic E-state index is -0.563. The van der Waals surface area contributed by atoms with Crippen molar-refractivity contribution in [2.24, 2.45) is 0 Å². The molecule has 3 rings (SSSR count). The summed E-state index contributed by atoms with van der Waals surface area (Å²) in [7, 11) is 0. The second-order valence-corrected chi connectivity index (χ2v) is 5.76. The number of halogens is 2. The van der Waals surface area contributed by atoms with E-state index in [1.165, 1.54) is 23.7 Å². The maximum absolute atomic E-state index is 14.3. The number of nitrogens with zero attached hydrogens (tertiary/aromatic N) is 2. The topological polar surface area (TPSA) is 25.8 Å². The predicted molar refractivity (Wildman–Crippen MR) is 83.9 cm³/mol. The van der Waals surface area contributed by atoms with Crippen molar-refractivity contribution in [1.82, 2.24) is 9.36 Å². The molecule has 0 atom stereocenters. The molecular formula is C17H14F2N2S. The van der Waals surface area contributed by atoms with Crippen LogP contribution < -0.4 is 0 Å². The molecule has 0 amide bonds. The van der Waals surface area contributed by atoms with E-state index in [1.807, 2.05) is 37.3 Å². The van der Waals surface area contributed by atoms with E-state index in [0.717, 1.165) is 17.0 Å². The van der Waals surface area contributed by atoms with Crippen molar-refractivity contribution >= 4 is 11.5 Å². The fourth-order valence-electron chi connectivity index (χ4n) is 2.23. The van der Waals surface area contributed by atoms with Crippen molar-refractivity contribution in [1.29, 1.82) is 0 Å². The molecule has 1 aromatic heterocycles. The summed E-state index contributed by atoms with van der Waals surface area (Å²) in [5.74, 6) is -0.662. The summed E-state index contributed by atoms with van der Waals surface area (Å²) in [4.78, 5) is 4.26. The summed E-state index contributed by atoms with van der Waals surface area (Å²) < 4.78 is 32.7. The van der Waals surface area contributed by atoms with Crippen molar-refractivity contribution in [3.8, 4) is 11.1 Å². The van der Waals surface area contributed by atoms with Crippen LogP contribution in [0.25, 0.3) is 11.1 Å². The van der Waals surface area contributed by atoms with Gasteiger partial charge in [0.25, 0.3) is 0 Å². The molecule has 0 N–H and O–H groups in total. The molecule has 0 fully saturated rings. The van der Waals surface area contributed by atoms with Gasteiger partial charge >= 0.3 is 0 Å². The highest BCUT2D eigenvalue weighted by molar-refractivity contribution is 7.05. The molecule has 2 aromatic carbocycles. The molecule has 5 heteroatoms. The van der Waals surface area contributed by atoms with E-state index in [9.17, 15) is 8.78 Å². The Morgan fingerprint density at radius 3 is 2.27 bits per heavy atom. The Hall–Kier alpha value is -2.14. The van der Waals surface area contributed by atoms with Crippen molar-refractivity contribution in [2.75, 3.05) is 0 Å². The summed E-state index contributed by atoms with van der Waals surface area (Å²) in [6.45, 7) is 1.97. The van der Waals surface area contributed by atoms with Gasteiger partial charge in [0.1, 0.15) is 22.5 Å². The molecule has 0 saturated carbocycles. The average molecular weight is 316 g/mol. The van der Waals surface area contributed by atoms with Gasteiger partial charge in [-0.05, 0) is 41.2 Å². The Kier molecular flexibility index (Phi) is 4.24. The lowest BCUT2D eigenvalue weighted by molar-refractivity contribution is 0.560. The van der Waals surface area contributed by atoms with Crippen LogP contribution in [0.1, 0.15) is 23.3 Å². The molecule has 0 saturated heterocycles. The molecule has 0 aliphatic rings. The van der Waals surface area contributed by atoms with Gasteiger partial charge in [-0.25, -0.2) is 13.8 Å². The van der Waals surface area contributed by atoms with Crippen molar-refractivity contribution in [3.63, 3.8) is 0 Å². The second-order valence-electron chi connectivity index (χ2n) is 4.92. The van der Waals surface area contributed by atoms with Gasteiger partial charge in [-0.2, -0.15) is 4.37 Å². The summed E-state index contributed by atoms with van der Waals surface area (Å²) in [6.07, 6.45) is 0.846. The lowest BCUT2D eigenvalue weighted by Crippen LogP contribution is -2.00. The lowest BCUT2D eigenvalue weighted by atomic mass is 10.0. The van der Waals surface area contributed by atoms with Crippen LogP contribution in [-0.4, -0.2) is 9.36 Å². The fourth-order valence-corrected chi connectivity index (χ4v) is 2.82. The highest BCUT2D eigenvalue weighted by Crippen LogP contribution is 2.25. The first-order chi connectivity index (χ1) is 10.7. The Balaban J connectivity index is 1.93. The fraction of sp³-hybridized carbons (Fsp3) is 0.176. The number of aryl methyl sites for hydroxylation is 1. The number of hydrogen-bond acceptors (Lipinski definition) is 3. The molecule has 0 spiro atoms. The summed E-state index contributed by atoms with van der Waals surface area (Å²) in [6, 6.07) is 11.9. The van der Waals surface area contributed by atoms with Gasteiger partial charge in [-0.1, -0.05) is 37.3 Å². The molecule has 0 unspecified atom stereocenters. The molecule has 0 aliphatic carbocycles. The van der Waals surface area contributed by atoms with E-state index in [0.29, 0.717) is 11.4 Å². The maximum atomic E-state index is 14.3. The van der Waals surface area contributed by atoms with E-state index in [4.69, 9.17) is 0 Å². The van der Waals surface area contributed by atoms with Crippen LogP contribution in [0.15, 0.2) is 42.5 Å². The van der Waals surface area contributed by atoms with Crippen LogP contribution in [0.3, 0.4) is 0 Å². The SMILES string of the molecule is CCc1nc(Cc2c(F)cc(-c3ccccc3)cc2F)ns1. The van der Waals surface area contributed by atoms with Gasteiger partial charge in [0.05, 0.1) is 0 Å². The highest BCUT2D eigenvalue weighted by atomic mass is 32.1. The van der Waals surface area contributed by atoms with Gasteiger partial charge in [-0.3, -0.25) is 0 Å². The van der Waals surface area contributed by atoms with Gasteiger partial charge in [0.2, 0.25) is 0 Å². The van der Waals surface area contributed by atoms with Gasteiger partial charge < -0.3 is 0 Å². The Bertz CT molecular complexity index is 761. The molecule has 2 nitrogen and oxygen atoms in total. The van der Waals surface area contributed by atoms with Crippen molar-refractivity contribution in [3.05, 3.63) is 70.5 Å². The molecule has 3 aromatic rings. The first-order valence-electron chi connectivity index (χ1n) is 7.02. The first-order valence-corrected chi connectivity index (χ1v) is 7.79. The largest absolute Gasteiger partial charge is 0.224 e. The molecule has 22 heavy (non-hydrogen) atoms. The Morgan fingerprint density at radius 1 is 1.00 bits per heavy atom. The zero-order chi connectivity index (χ0) is 15.5. The molecule has 0 radical (unpaired) electrons. The monoisotopic (exact) mass is 316 g/mol. The van der Waals surface area contributed by atoms with E-state index < -0.39 is 11.6 Å². The zero-order valence-corrected chi connectivity index (χ0v) is 12.8. The summed E-state index contributed by atoms with van der Waals surface area (Å²) >= 11 is 1.27. The molecular weight excluding hydrogens is 302 g/mol. The van der Waals surface area contributed by atoms with Crippen LogP contribution in [-0.2, 0) is 12.8 Å². The van der Waals surface area contributed by atoms with Gasteiger partial charge in [-0.15, -0.1) is 0 Å². The van der Waals surface area contributed by atoms with Crippen LogP contribution in [0.2, 0.25) is 0 Å². The number of benzene rings is 2. The maximum Gasteiger partial charge on any atom is 0.147 e. The van der Waals surface area contributed by atoms with Crippen LogP contribution in [0.5, 0.6) is 0 Å². The standard InChI is InChI=1S/C17H14F2N2S/c1-2-17-20-16(21-22-17)10-13-14(18)8-12(9-15(13)19)11-6-4-3-5-7-11/h3-9H,2,10H2,1H3. The Morgan fingerprint density at radius 2 is 1.68 bits per heavy atom. The third-order valence-corrected chi connectivity index (χ3v) is 4.29. The van der Waals surface area contributed by atoms with Crippen molar-refractivity contribution in [2.45, 2.75) is 19.8 Å². The minimum Gasteiger partial charge on any atom is -0.224 e. The number of rotatable bonds is 4. The average Bonchev–Trinajstić information content (AvgIpc) is 2.99. The van der Waals surface area contributed by atoms with E-state index >= 15 is 0 Å². The van der Waals surface area contributed by atoms with Crippen molar-refractivity contribution < 1.29 is 8.78 Å². The zero-order valence-electron chi connectivity index (χ0n) is 12.0. The molecule has 1 heterocycles. The summed E-state index contributed by atoms with van der Waals surface area (Å²) in [5.41, 5.74) is 1.33. The normalized spacial score (nSPS) is 10.9. The third-order valence-electron chi connectivity index (χ3n) is 3.40. The molecule has 0 bridgehead atoms. The first kappa shape index (κ1) is 14.8. The van der Waals surface area contributed by atoms with E-state index in [1.54, 1.807) is 0 Å². The lowest BCUT2D eigenvalue weighted by Gasteiger charge is -2.07. The quantitative estimate of drug-likeness (QED) is 0.701. The van der Waals surface area contributed by atoms with E-state index in [2.05, 4.69) is 9.36 Å².